The molecule has 6 nitrogen and oxygen atoms in total. The first-order valence-corrected chi connectivity index (χ1v) is 6.39. The highest BCUT2D eigenvalue weighted by Gasteiger charge is 2.18. The number of aliphatic imine (C=N–C) groups is 1. The summed E-state index contributed by atoms with van der Waals surface area (Å²) in [6, 6.07) is 0. The molecule has 2 N–H and O–H groups in total. The van der Waals surface area contributed by atoms with E-state index in [-0.39, 0.29) is 29.5 Å². The van der Waals surface area contributed by atoms with E-state index in [2.05, 4.69) is 51.2 Å². The second kappa shape index (κ2) is 6.53. The standard InChI is InChI=1S/C12H22N6.HI/c1-12(2,3)15-11(13-4)14-8-10-17-16-9-6-5-7-18(9)10;/h5-8H2,1-4H3,(H2,13,14,15);1H. The minimum Gasteiger partial charge on any atom is -0.352 e. The maximum atomic E-state index is 4.21. The summed E-state index contributed by atoms with van der Waals surface area (Å²) in [5.74, 6) is 2.88. The summed E-state index contributed by atoms with van der Waals surface area (Å²) >= 11 is 0. The Bertz CT molecular complexity index is 446. The Morgan fingerprint density at radius 2 is 2.11 bits per heavy atom. The quantitative estimate of drug-likeness (QED) is 0.463. The first-order chi connectivity index (χ1) is 8.49. The van der Waals surface area contributed by atoms with Gasteiger partial charge in [-0.05, 0) is 27.2 Å². The Balaban J connectivity index is 0.00000180. The number of aromatic nitrogens is 3. The van der Waals surface area contributed by atoms with Crippen LogP contribution in [0.4, 0.5) is 0 Å². The lowest BCUT2D eigenvalue weighted by atomic mass is 10.1. The summed E-state index contributed by atoms with van der Waals surface area (Å²) in [4.78, 5) is 4.20. The van der Waals surface area contributed by atoms with E-state index < -0.39 is 0 Å². The van der Waals surface area contributed by atoms with E-state index in [1.54, 1.807) is 7.05 Å². The van der Waals surface area contributed by atoms with Crippen molar-refractivity contribution in [2.45, 2.75) is 52.2 Å². The van der Waals surface area contributed by atoms with Crippen molar-refractivity contribution in [3.8, 4) is 0 Å². The highest BCUT2D eigenvalue weighted by atomic mass is 127. The number of guanidine groups is 1. The number of fused-ring (bicyclic) bond motifs is 1. The number of halogens is 1. The van der Waals surface area contributed by atoms with Gasteiger partial charge in [0.15, 0.2) is 11.8 Å². The molecule has 0 unspecified atom stereocenters. The molecule has 19 heavy (non-hydrogen) atoms. The van der Waals surface area contributed by atoms with E-state index in [0.29, 0.717) is 6.54 Å². The molecular formula is C12H23IN6. The number of hydrogen-bond acceptors (Lipinski definition) is 3. The van der Waals surface area contributed by atoms with E-state index in [4.69, 9.17) is 0 Å². The topological polar surface area (TPSA) is 67.1 Å². The zero-order chi connectivity index (χ0) is 13.2. The molecule has 1 aromatic rings. The van der Waals surface area contributed by atoms with Gasteiger partial charge in [-0.15, -0.1) is 34.2 Å². The molecule has 0 aromatic carbocycles. The molecular weight excluding hydrogens is 355 g/mol. The molecule has 1 aromatic heterocycles. The summed E-state index contributed by atoms with van der Waals surface area (Å²) in [6.45, 7) is 8.01. The number of nitrogens with one attached hydrogen (secondary N) is 2. The molecule has 7 heteroatoms. The molecule has 0 atom stereocenters. The summed E-state index contributed by atoms with van der Waals surface area (Å²) in [7, 11) is 1.77. The number of aryl methyl sites for hydroxylation is 1. The summed E-state index contributed by atoms with van der Waals surface area (Å²) in [6.07, 6.45) is 2.22. The minimum atomic E-state index is -0.00532. The molecule has 0 spiro atoms. The van der Waals surface area contributed by atoms with Gasteiger partial charge < -0.3 is 15.2 Å². The molecule has 0 fully saturated rings. The van der Waals surface area contributed by atoms with Crippen LogP contribution in [0, 0.1) is 0 Å². The van der Waals surface area contributed by atoms with Gasteiger partial charge in [-0.1, -0.05) is 0 Å². The third-order valence-electron chi connectivity index (χ3n) is 2.82. The zero-order valence-corrected chi connectivity index (χ0v) is 14.4. The molecule has 2 heterocycles. The van der Waals surface area contributed by atoms with E-state index in [9.17, 15) is 0 Å². The van der Waals surface area contributed by atoms with Crippen LogP contribution in [0.3, 0.4) is 0 Å². The van der Waals surface area contributed by atoms with Crippen molar-refractivity contribution in [3.05, 3.63) is 11.6 Å². The zero-order valence-electron chi connectivity index (χ0n) is 12.0. The molecule has 1 aliphatic heterocycles. The van der Waals surface area contributed by atoms with Crippen molar-refractivity contribution in [2.24, 2.45) is 4.99 Å². The Hall–Kier alpha value is -0.860. The molecule has 2 rings (SSSR count). The lowest BCUT2D eigenvalue weighted by molar-refractivity contribution is 0.500. The van der Waals surface area contributed by atoms with Gasteiger partial charge in [0, 0.05) is 25.6 Å². The first-order valence-electron chi connectivity index (χ1n) is 6.39. The lowest BCUT2D eigenvalue weighted by Gasteiger charge is -2.23. The van der Waals surface area contributed by atoms with E-state index in [1.165, 1.54) is 6.42 Å². The van der Waals surface area contributed by atoms with Gasteiger partial charge >= 0.3 is 0 Å². The monoisotopic (exact) mass is 378 g/mol. The molecule has 0 radical (unpaired) electrons. The average Bonchev–Trinajstić information content (AvgIpc) is 2.85. The van der Waals surface area contributed by atoms with Gasteiger partial charge in [0.25, 0.3) is 0 Å². The third kappa shape index (κ3) is 4.32. The third-order valence-corrected chi connectivity index (χ3v) is 2.82. The second-order valence-corrected chi connectivity index (χ2v) is 5.59. The lowest BCUT2D eigenvalue weighted by Crippen LogP contribution is -2.47. The summed E-state index contributed by atoms with van der Waals surface area (Å²) in [5.41, 5.74) is -0.00532. The molecule has 108 valence electrons. The van der Waals surface area contributed by atoms with Crippen molar-refractivity contribution in [1.29, 1.82) is 0 Å². The predicted molar refractivity (Wildman–Crippen MR) is 86.8 cm³/mol. The fourth-order valence-corrected chi connectivity index (χ4v) is 2.04. The van der Waals surface area contributed by atoms with Crippen LogP contribution < -0.4 is 10.6 Å². The smallest absolute Gasteiger partial charge is 0.191 e. The van der Waals surface area contributed by atoms with Gasteiger partial charge in [-0.25, -0.2) is 0 Å². The fraction of sp³-hybridized carbons (Fsp3) is 0.750. The van der Waals surface area contributed by atoms with Gasteiger partial charge in [-0.2, -0.15) is 0 Å². The van der Waals surface area contributed by atoms with Crippen molar-refractivity contribution < 1.29 is 0 Å². The van der Waals surface area contributed by atoms with E-state index >= 15 is 0 Å². The van der Waals surface area contributed by atoms with Crippen molar-refractivity contribution in [2.75, 3.05) is 7.05 Å². The average molecular weight is 378 g/mol. The van der Waals surface area contributed by atoms with Gasteiger partial charge in [-0.3, -0.25) is 4.99 Å². The van der Waals surface area contributed by atoms with Crippen molar-refractivity contribution >= 4 is 29.9 Å². The van der Waals surface area contributed by atoms with Crippen LogP contribution in [0.1, 0.15) is 38.8 Å². The number of hydrogen-bond donors (Lipinski definition) is 2. The Morgan fingerprint density at radius 1 is 1.37 bits per heavy atom. The Morgan fingerprint density at radius 3 is 2.74 bits per heavy atom. The minimum absolute atomic E-state index is 0. The first kappa shape index (κ1) is 16.2. The fourth-order valence-electron chi connectivity index (χ4n) is 2.04. The maximum absolute atomic E-state index is 4.21. The SMILES string of the molecule is CN=C(NCc1nnc2n1CCC2)NC(C)(C)C.I. The van der Waals surface area contributed by atoms with E-state index in [1.807, 2.05) is 0 Å². The van der Waals surface area contributed by atoms with Gasteiger partial charge in [0.1, 0.15) is 5.82 Å². The Labute approximate surface area is 131 Å². The van der Waals surface area contributed by atoms with Crippen LogP contribution in [0.5, 0.6) is 0 Å². The van der Waals surface area contributed by atoms with Gasteiger partial charge in [0.05, 0.1) is 6.54 Å². The predicted octanol–water partition coefficient (Wildman–Crippen LogP) is 1.31. The molecule has 0 bridgehead atoms. The summed E-state index contributed by atoms with van der Waals surface area (Å²) in [5, 5.41) is 15.0. The van der Waals surface area contributed by atoms with Gasteiger partial charge in [0.2, 0.25) is 0 Å². The highest BCUT2D eigenvalue weighted by molar-refractivity contribution is 14.0. The van der Waals surface area contributed by atoms with Crippen LogP contribution in [-0.2, 0) is 19.5 Å². The molecule has 1 aliphatic rings. The van der Waals surface area contributed by atoms with E-state index in [0.717, 1.165) is 30.6 Å². The van der Waals surface area contributed by atoms with Crippen molar-refractivity contribution in [3.63, 3.8) is 0 Å². The maximum Gasteiger partial charge on any atom is 0.191 e. The molecule has 0 amide bonds. The molecule has 0 aliphatic carbocycles. The van der Waals surface area contributed by atoms with Crippen LogP contribution in [0.25, 0.3) is 0 Å². The molecule has 0 saturated heterocycles. The second-order valence-electron chi connectivity index (χ2n) is 5.59. The summed E-state index contributed by atoms with van der Waals surface area (Å²) < 4.78 is 2.19. The van der Waals surface area contributed by atoms with Crippen LogP contribution in [0.2, 0.25) is 0 Å². The molecule has 0 saturated carbocycles. The number of rotatable bonds is 2. The van der Waals surface area contributed by atoms with Crippen molar-refractivity contribution in [1.82, 2.24) is 25.4 Å². The normalized spacial score (nSPS) is 14.8. The van der Waals surface area contributed by atoms with Crippen LogP contribution in [0.15, 0.2) is 4.99 Å². The highest BCUT2D eigenvalue weighted by Crippen LogP contribution is 2.13. The Kier molecular flexibility index (Phi) is 5.57. The largest absolute Gasteiger partial charge is 0.352 e. The number of nitrogens with zero attached hydrogens (tertiary/aromatic N) is 4. The van der Waals surface area contributed by atoms with Crippen LogP contribution >= 0.6 is 24.0 Å². The van der Waals surface area contributed by atoms with Crippen LogP contribution in [-0.4, -0.2) is 33.3 Å².